The fraction of sp³-hybridized carbons (Fsp3) is 0.938. The minimum Gasteiger partial charge on any atom is -0.340 e. The number of rotatable bonds is 5. The third-order valence-electron chi connectivity index (χ3n) is 5.17. The molecule has 2 atom stereocenters. The highest BCUT2D eigenvalue weighted by Crippen LogP contribution is 2.32. The van der Waals surface area contributed by atoms with Crippen molar-refractivity contribution in [3.63, 3.8) is 0 Å². The van der Waals surface area contributed by atoms with Gasteiger partial charge in [0.15, 0.2) is 0 Å². The standard InChI is InChI=1S/C16H30N2O/c1-2-18(15-10-6-9-14(15)12-17)16(19)11-13-7-4-3-5-8-13/h13-15H,2-12,17H2,1H3. The zero-order valence-electron chi connectivity index (χ0n) is 12.4. The first-order chi connectivity index (χ1) is 9.26. The first-order valence-electron chi connectivity index (χ1n) is 8.25. The van der Waals surface area contributed by atoms with Crippen LogP contribution in [0.15, 0.2) is 0 Å². The molecule has 1 amide bonds. The number of hydrogen-bond donors (Lipinski definition) is 1. The first-order valence-corrected chi connectivity index (χ1v) is 8.25. The van der Waals surface area contributed by atoms with E-state index in [0.29, 0.717) is 23.8 Å². The fourth-order valence-corrected chi connectivity index (χ4v) is 4.05. The van der Waals surface area contributed by atoms with E-state index in [-0.39, 0.29) is 0 Å². The van der Waals surface area contributed by atoms with Crippen LogP contribution in [0.5, 0.6) is 0 Å². The van der Waals surface area contributed by atoms with Gasteiger partial charge in [-0.1, -0.05) is 25.7 Å². The van der Waals surface area contributed by atoms with Gasteiger partial charge in [-0.2, -0.15) is 0 Å². The van der Waals surface area contributed by atoms with Crippen LogP contribution in [0.4, 0.5) is 0 Å². The van der Waals surface area contributed by atoms with Crippen molar-refractivity contribution in [3.05, 3.63) is 0 Å². The summed E-state index contributed by atoms with van der Waals surface area (Å²) < 4.78 is 0. The summed E-state index contributed by atoms with van der Waals surface area (Å²) in [5, 5.41) is 0. The number of amides is 1. The van der Waals surface area contributed by atoms with Crippen molar-refractivity contribution < 1.29 is 4.79 Å². The summed E-state index contributed by atoms with van der Waals surface area (Å²) in [5.74, 6) is 1.57. The Morgan fingerprint density at radius 3 is 2.47 bits per heavy atom. The largest absolute Gasteiger partial charge is 0.340 e. The maximum atomic E-state index is 12.6. The summed E-state index contributed by atoms with van der Waals surface area (Å²) >= 11 is 0. The monoisotopic (exact) mass is 266 g/mol. The lowest BCUT2D eigenvalue weighted by atomic mass is 9.86. The van der Waals surface area contributed by atoms with Crippen LogP contribution >= 0.6 is 0 Å². The molecule has 2 saturated carbocycles. The lowest BCUT2D eigenvalue weighted by molar-refractivity contribution is -0.135. The SMILES string of the molecule is CCN(C(=O)CC1CCCCC1)C1CCCC1CN. The molecule has 110 valence electrons. The van der Waals surface area contributed by atoms with Crippen LogP contribution in [0.2, 0.25) is 0 Å². The molecule has 2 aliphatic rings. The molecular weight excluding hydrogens is 236 g/mol. The summed E-state index contributed by atoms with van der Waals surface area (Å²) in [6.45, 7) is 3.70. The van der Waals surface area contributed by atoms with Crippen LogP contribution < -0.4 is 5.73 Å². The number of nitrogens with two attached hydrogens (primary N) is 1. The van der Waals surface area contributed by atoms with Crippen LogP contribution in [0, 0.1) is 11.8 Å². The van der Waals surface area contributed by atoms with E-state index in [0.717, 1.165) is 25.9 Å². The predicted octanol–water partition coefficient (Wildman–Crippen LogP) is 2.93. The summed E-state index contributed by atoms with van der Waals surface area (Å²) in [4.78, 5) is 14.7. The van der Waals surface area contributed by atoms with Crippen molar-refractivity contribution in [3.8, 4) is 0 Å². The minimum absolute atomic E-state index is 0.389. The molecule has 0 aromatic rings. The summed E-state index contributed by atoms with van der Waals surface area (Å²) in [5.41, 5.74) is 5.86. The van der Waals surface area contributed by atoms with Crippen molar-refractivity contribution in [1.82, 2.24) is 4.90 Å². The minimum atomic E-state index is 0.389. The van der Waals surface area contributed by atoms with Crippen molar-refractivity contribution in [2.45, 2.75) is 70.8 Å². The third kappa shape index (κ3) is 3.71. The van der Waals surface area contributed by atoms with Gasteiger partial charge in [0, 0.05) is 19.0 Å². The van der Waals surface area contributed by atoms with Gasteiger partial charge in [-0.05, 0) is 51.0 Å². The van der Waals surface area contributed by atoms with E-state index >= 15 is 0 Å². The molecule has 0 saturated heterocycles. The molecule has 19 heavy (non-hydrogen) atoms. The molecule has 0 aromatic heterocycles. The molecule has 2 fully saturated rings. The Kier molecular flexibility index (Phi) is 5.68. The molecule has 0 bridgehead atoms. The number of carbonyl (C=O) groups is 1. The Morgan fingerprint density at radius 2 is 1.84 bits per heavy atom. The second-order valence-electron chi connectivity index (χ2n) is 6.38. The van der Waals surface area contributed by atoms with E-state index in [2.05, 4.69) is 11.8 Å². The predicted molar refractivity (Wildman–Crippen MR) is 78.8 cm³/mol. The fourth-order valence-electron chi connectivity index (χ4n) is 4.05. The highest BCUT2D eigenvalue weighted by atomic mass is 16.2. The zero-order chi connectivity index (χ0) is 13.7. The first kappa shape index (κ1) is 14.8. The second kappa shape index (κ2) is 7.28. The van der Waals surface area contributed by atoms with E-state index in [1.807, 2.05) is 0 Å². The highest BCUT2D eigenvalue weighted by Gasteiger charge is 2.33. The van der Waals surface area contributed by atoms with Gasteiger partial charge in [0.2, 0.25) is 5.91 Å². The van der Waals surface area contributed by atoms with E-state index in [1.54, 1.807) is 0 Å². The topological polar surface area (TPSA) is 46.3 Å². The van der Waals surface area contributed by atoms with E-state index in [1.165, 1.54) is 44.9 Å². The molecule has 2 N–H and O–H groups in total. The van der Waals surface area contributed by atoms with Crippen LogP contribution in [0.25, 0.3) is 0 Å². The average molecular weight is 266 g/mol. The summed E-state index contributed by atoms with van der Waals surface area (Å²) in [6.07, 6.45) is 10.9. The smallest absolute Gasteiger partial charge is 0.223 e. The molecule has 0 aliphatic heterocycles. The van der Waals surface area contributed by atoms with Crippen LogP contribution in [0.1, 0.15) is 64.7 Å². The van der Waals surface area contributed by atoms with E-state index < -0.39 is 0 Å². The Bertz CT molecular complexity index is 286. The number of nitrogens with zero attached hydrogens (tertiary/aromatic N) is 1. The van der Waals surface area contributed by atoms with Gasteiger partial charge in [0.05, 0.1) is 0 Å². The number of hydrogen-bond acceptors (Lipinski definition) is 2. The molecule has 0 aromatic carbocycles. The molecule has 2 rings (SSSR count). The molecule has 2 aliphatic carbocycles. The van der Waals surface area contributed by atoms with Crippen LogP contribution in [-0.2, 0) is 4.79 Å². The number of carbonyl (C=O) groups excluding carboxylic acids is 1. The summed E-state index contributed by atoms with van der Waals surface area (Å²) in [7, 11) is 0. The Morgan fingerprint density at radius 1 is 1.11 bits per heavy atom. The molecule has 3 heteroatoms. The lowest BCUT2D eigenvalue weighted by Crippen LogP contribution is -2.44. The Labute approximate surface area is 117 Å². The highest BCUT2D eigenvalue weighted by molar-refractivity contribution is 5.76. The molecule has 2 unspecified atom stereocenters. The van der Waals surface area contributed by atoms with Gasteiger partial charge in [-0.25, -0.2) is 0 Å². The molecule has 3 nitrogen and oxygen atoms in total. The Balaban J connectivity index is 1.90. The maximum Gasteiger partial charge on any atom is 0.223 e. The maximum absolute atomic E-state index is 12.6. The van der Waals surface area contributed by atoms with Gasteiger partial charge in [-0.3, -0.25) is 4.79 Å². The summed E-state index contributed by atoms with van der Waals surface area (Å²) in [6, 6.07) is 0.422. The molecule has 0 spiro atoms. The van der Waals surface area contributed by atoms with Crippen molar-refractivity contribution >= 4 is 5.91 Å². The lowest BCUT2D eigenvalue weighted by Gasteiger charge is -2.33. The van der Waals surface area contributed by atoms with Crippen molar-refractivity contribution in [1.29, 1.82) is 0 Å². The van der Waals surface area contributed by atoms with Crippen molar-refractivity contribution in [2.75, 3.05) is 13.1 Å². The quantitative estimate of drug-likeness (QED) is 0.831. The normalized spacial score (nSPS) is 28.5. The van der Waals surface area contributed by atoms with E-state index in [9.17, 15) is 4.79 Å². The molecule has 0 radical (unpaired) electrons. The second-order valence-corrected chi connectivity index (χ2v) is 6.38. The molecular formula is C16H30N2O. The van der Waals surface area contributed by atoms with Crippen molar-refractivity contribution in [2.24, 2.45) is 17.6 Å². The van der Waals surface area contributed by atoms with Gasteiger partial charge >= 0.3 is 0 Å². The van der Waals surface area contributed by atoms with Gasteiger partial charge in [0.25, 0.3) is 0 Å². The van der Waals surface area contributed by atoms with Crippen LogP contribution in [-0.4, -0.2) is 29.9 Å². The zero-order valence-corrected chi connectivity index (χ0v) is 12.4. The third-order valence-corrected chi connectivity index (χ3v) is 5.17. The van der Waals surface area contributed by atoms with Crippen LogP contribution in [0.3, 0.4) is 0 Å². The van der Waals surface area contributed by atoms with Gasteiger partial charge in [0.1, 0.15) is 0 Å². The van der Waals surface area contributed by atoms with Gasteiger partial charge < -0.3 is 10.6 Å². The molecule has 0 heterocycles. The Hall–Kier alpha value is -0.570. The van der Waals surface area contributed by atoms with E-state index in [4.69, 9.17) is 5.73 Å². The average Bonchev–Trinajstić information content (AvgIpc) is 2.89. The van der Waals surface area contributed by atoms with Gasteiger partial charge in [-0.15, -0.1) is 0 Å².